The standard InChI is InChI=1S/C16H12Br2N2O5/c17-10-5-9(14(21)13(18)15(10)22)7-19-20-16(23)8-1-2-11-12(6-8)25-4-3-24-11/h1-2,5-7,21-22H,3-4H2,(H,20,23)/b19-7-. The molecule has 0 aliphatic carbocycles. The molecular weight excluding hydrogens is 460 g/mol. The number of hydrogen-bond donors (Lipinski definition) is 3. The molecule has 0 bridgehead atoms. The number of fused-ring (bicyclic) bond motifs is 1. The first kappa shape index (κ1) is 17.6. The van der Waals surface area contributed by atoms with E-state index in [0.717, 1.165) is 0 Å². The Hall–Kier alpha value is -2.26. The first-order valence-electron chi connectivity index (χ1n) is 7.10. The number of benzene rings is 2. The van der Waals surface area contributed by atoms with Gasteiger partial charge in [-0.2, -0.15) is 5.10 Å². The Kier molecular flexibility index (Phi) is 5.14. The lowest BCUT2D eigenvalue weighted by molar-refractivity contribution is 0.0954. The summed E-state index contributed by atoms with van der Waals surface area (Å²) in [5.41, 5.74) is 3.03. The molecule has 3 rings (SSSR count). The molecule has 0 radical (unpaired) electrons. The van der Waals surface area contributed by atoms with E-state index in [0.29, 0.717) is 40.3 Å². The van der Waals surface area contributed by atoms with Crippen LogP contribution in [0.1, 0.15) is 15.9 Å². The molecule has 0 spiro atoms. The maximum Gasteiger partial charge on any atom is 0.271 e. The van der Waals surface area contributed by atoms with E-state index >= 15 is 0 Å². The van der Waals surface area contributed by atoms with Crippen molar-refractivity contribution in [2.24, 2.45) is 5.10 Å². The van der Waals surface area contributed by atoms with Crippen molar-refractivity contribution in [3.05, 3.63) is 44.3 Å². The van der Waals surface area contributed by atoms with Gasteiger partial charge in [0, 0.05) is 11.1 Å². The highest BCUT2D eigenvalue weighted by molar-refractivity contribution is 9.11. The van der Waals surface area contributed by atoms with Crippen LogP contribution in [-0.2, 0) is 0 Å². The molecule has 9 heteroatoms. The van der Waals surface area contributed by atoms with E-state index < -0.39 is 5.91 Å². The lowest BCUT2D eigenvalue weighted by Gasteiger charge is -2.18. The number of nitrogens with one attached hydrogen (secondary N) is 1. The largest absolute Gasteiger partial charge is 0.506 e. The second kappa shape index (κ2) is 7.32. The van der Waals surface area contributed by atoms with Crippen molar-refractivity contribution in [1.29, 1.82) is 0 Å². The zero-order valence-electron chi connectivity index (χ0n) is 12.6. The van der Waals surface area contributed by atoms with Crippen molar-refractivity contribution in [2.75, 3.05) is 13.2 Å². The van der Waals surface area contributed by atoms with Crippen molar-refractivity contribution in [2.45, 2.75) is 0 Å². The Labute approximate surface area is 159 Å². The van der Waals surface area contributed by atoms with E-state index in [4.69, 9.17) is 9.47 Å². The van der Waals surface area contributed by atoms with Gasteiger partial charge in [0.15, 0.2) is 11.5 Å². The van der Waals surface area contributed by atoms with Gasteiger partial charge in [0.25, 0.3) is 5.91 Å². The Morgan fingerprint density at radius 2 is 1.84 bits per heavy atom. The number of ether oxygens (including phenoxy) is 2. The van der Waals surface area contributed by atoms with Crippen molar-refractivity contribution in [1.82, 2.24) is 5.43 Å². The number of phenolic OH excluding ortho intramolecular Hbond substituents is 2. The molecule has 0 unspecified atom stereocenters. The molecule has 1 heterocycles. The van der Waals surface area contributed by atoms with Gasteiger partial charge in [-0.15, -0.1) is 0 Å². The monoisotopic (exact) mass is 470 g/mol. The van der Waals surface area contributed by atoms with E-state index in [1.165, 1.54) is 12.3 Å². The summed E-state index contributed by atoms with van der Waals surface area (Å²) < 4.78 is 11.3. The second-order valence-corrected chi connectivity index (χ2v) is 6.66. The van der Waals surface area contributed by atoms with Gasteiger partial charge in [0.05, 0.1) is 10.7 Å². The Morgan fingerprint density at radius 3 is 2.60 bits per heavy atom. The molecule has 0 atom stereocenters. The van der Waals surface area contributed by atoms with E-state index in [1.807, 2.05) is 0 Å². The molecule has 0 saturated carbocycles. The van der Waals surface area contributed by atoms with Crippen LogP contribution in [0.4, 0.5) is 0 Å². The normalized spacial score (nSPS) is 13.0. The first-order valence-corrected chi connectivity index (χ1v) is 8.69. The number of carbonyl (C=O) groups excluding carboxylic acids is 1. The zero-order valence-corrected chi connectivity index (χ0v) is 15.8. The fourth-order valence-electron chi connectivity index (χ4n) is 2.12. The van der Waals surface area contributed by atoms with Crippen molar-refractivity contribution in [3.63, 3.8) is 0 Å². The summed E-state index contributed by atoms with van der Waals surface area (Å²) >= 11 is 6.23. The topological polar surface area (TPSA) is 100 Å². The minimum absolute atomic E-state index is 0.126. The number of nitrogens with zero attached hydrogens (tertiary/aromatic N) is 1. The predicted octanol–water partition coefficient (Wildman–Crippen LogP) is 3.16. The van der Waals surface area contributed by atoms with Gasteiger partial charge >= 0.3 is 0 Å². The van der Waals surface area contributed by atoms with Crippen LogP contribution < -0.4 is 14.9 Å². The summed E-state index contributed by atoms with van der Waals surface area (Å²) in [6, 6.07) is 6.30. The number of phenols is 2. The van der Waals surface area contributed by atoms with Crippen LogP contribution in [-0.4, -0.2) is 35.5 Å². The average molecular weight is 472 g/mol. The lowest BCUT2D eigenvalue weighted by Crippen LogP contribution is -2.19. The molecule has 0 saturated heterocycles. The minimum atomic E-state index is -0.440. The third-order valence-corrected chi connectivity index (χ3v) is 4.73. The fourth-order valence-corrected chi connectivity index (χ4v) is 3.28. The van der Waals surface area contributed by atoms with E-state index in [-0.39, 0.29) is 16.0 Å². The fraction of sp³-hybridized carbons (Fsp3) is 0.125. The molecule has 1 amide bonds. The van der Waals surface area contributed by atoms with Crippen molar-refractivity contribution in [3.8, 4) is 23.0 Å². The smallest absolute Gasteiger partial charge is 0.271 e. The van der Waals surface area contributed by atoms with E-state index in [9.17, 15) is 15.0 Å². The lowest BCUT2D eigenvalue weighted by atomic mass is 10.2. The van der Waals surface area contributed by atoms with Gasteiger partial charge in [-0.25, -0.2) is 5.43 Å². The third-order valence-electron chi connectivity index (χ3n) is 3.37. The maximum absolute atomic E-state index is 12.2. The van der Waals surface area contributed by atoms with Crippen LogP contribution in [0, 0.1) is 0 Å². The number of aromatic hydroxyl groups is 2. The number of hydrogen-bond acceptors (Lipinski definition) is 6. The summed E-state index contributed by atoms with van der Waals surface area (Å²) in [7, 11) is 0. The molecule has 3 N–H and O–H groups in total. The van der Waals surface area contributed by atoms with Crippen LogP contribution in [0.3, 0.4) is 0 Å². The summed E-state index contributed by atoms with van der Waals surface area (Å²) in [6.45, 7) is 0.907. The molecular formula is C16H12Br2N2O5. The Bertz CT molecular complexity index is 870. The zero-order chi connectivity index (χ0) is 18.0. The van der Waals surface area contributed by atoms with Crippen LogP contribution >= 0.6 is 31.9 Å². The van der Waals surface area contributed by atoms with Crippen LogP contribution in [0.2, 0.25) is 0 Å². The SMILES string of the molecule is O=C(N/N=C\c1cc(Br)c(O)c(Br)c1O)c1ccc2c(c1)OCCO2. The molecule has 0 aromatic heterocycles. The number of hydrazone groups is 1. The van der Waals surface area contributed by atoms with E-state index in [1.54, 1.807) is 18.2 Å². The summed E-state index contributed by atoms with van der Waals surface area (Å²) in [5.74, 6) is 0.333. The highest BCUT2D eigenvalue weighted by Gasteiger charge is 2.15. The van der Waals surface area contributed by atoms with Gasteiger partial charge in [0.1, 0.15) is 29.2 Å². The van der Waals surface area contributed by atoms with Gasteiger partial charge in [0.2, 0.25) is 0 Å². The van der Waals surface area contributed by atoms with Gasteiger partial charge < -0.3 is 19.7 Å². The van der Waals surface area contributed by atoms with Gasteiger partial charge in [-0.1, -0.05) is 0 Å². The first-order chi connectivity index (χ1) is 12.0. The molecule has 25 heavy (non-hydrogen) atoms. The summed E-state index contributed by atoms with van der Waals surface area (Å²) in [4.78, 5) is 12.2. The van der Waals surface area contributed by atoms with Crippen LogP contribution in [0.5, 0.6) is 23.0 Å². The molecule has 2 aromatic carbocycles. The number of halogens is 2. The second-order valence-electron chi connectivity index (χ2n) is 5.02. The summed E-state index contributed by atoms with van der Waals surface area (Å²) in [6.07, 6.45) is 1.26. The summed E-state index contributed by atoms with van der Waals surface area (Å²) in [5, 5.41) is 23.5. The quantitative estimate of drug-likeness (QED) is 0.471. The molecule has 7 nitrogen and oxygen atoms in total. The number of rotatable bonds is 3. The minimum Gasteiger partial charge on any atom is -0.506 e. The van der Waals surface area contributed by atoms with E-state index in [2.05, 4.69) is 42.4 Å². The number of carbonyl (C=O) groups is 1. The maximum atomic E-state index is 12.2. The van der Waals surface area contributed by atoms with Crippen LogP contribution in [0.15, 0.2) is 38.3 Å². The number of amides is 1. The Morgan fingerprint density at radius 1 is 1.12 bits per heavy atom. The molecule has 1 aliphatic rings. The van der Waals surface area contributed by atoms with Gasteiger partial charge in [-0.05, 0) is 56.1 Å². The van der Waals surface area contributed by atoms with Crippen molar-refractivity contribution >= 4 is 44.0 Å². The third kappa shape index (κ3) is 3.72. The van der Waals surface area contributed by atoms with Crippen LogP contribution in [0.25, 0.3) is 0 Å². The Balaban J connectivity index is 1.73. The molecule has 0 fully saturated rings. The predicted molar refractivity (Wildman–Crippen MR) is 97.7 cm³/mol. The highest BCUT2D eigenvalue weighted by atomic mass is 79.9. The molecule has 1 aliphatic heterocycles. The highest BCUT2D eigenvalue weighted by Crippen LogP contribution is 2.40. The average Bonchev–Trinajstić information content (AvgIpc) is 2.63. The van der Waals surface area contributed by atoms with Gasteiger partial charge in [-0.3, -0.25) is 4.79 Å². The molecule has 2 aromatic rings. The molecule has 130 valence electrons. The van der Waals surface area contributed by atoms with Crippen molar-refractivity contribution < 1.29 is 24.5 Å².